The average Bonchev–Trinajstić information content (AvgIpc) is 2.55. The molecule has 5 nitrogen and oxygen atoms in total. The molecule has 0 aliphatic carbocycles. The van der Waals surface area contributed by atoms with E-state index in [0.717, 1.165) is 11.1 Å². The molecule has 0 amide bonds. The van der Waals surface area contributed by atoms with E-state index < -0.39 is 16.0 Å². The van der Waals surface area contributed by atoms with Gasteiger partial charge in [0.15, 0.2) is 0 Å². The van der Waals surface area contributed by atoms with Gasteiger partial charge in [-0.3, -0.25) is 4.72 Å². The van der Waals surface area contributed by atoms with E-state index >= 15 is 0 Å². The average molecular weight is 333 g/mol. The van der Waals surface area contributed by atoms with Crippen LogP contribution in [0.2, 0.25) is 0 Å². The van der Waals surface area contributed by atoms with E-state index in [2.05, 4.69) is 9.46 Å². The summed E-state index contributed by atoms with van der Waals surface area (Å²) in [5.74, 6) is -0.688. The van der Waals surface area contributed by atoms with Crippen LogP contribution in [0, 0.1) is 6.92 Å². The molecule has 0 atom stereocenters. The predicted octanol–water partition coefficient (Wildman–Crippen LogP) is 3.14. The number of esters is 1. The molecule has 0 aliphatic rings. The van der Waals surface area contributed by atoms with Crippen LogP contribution < -0.4 is 4.72 Å². The van der Waals surface area contributed by atoms with Crippen molar-refractivity contribution in [2.75, 3.05) is 11.8 Å². The van der Waals surface area contributed by atoms with Crippen molar-refractivity contribution in [2.24, 2.45) is 0 Å². The van der Waals surface area contributed by atoms with Gasteiger partial charge >= 0.3 is 5.97 Å². The van der Waals surface area contributed by atoms with Crippen LogP contribution in [0.15, 0.2) is 47.4 Å². The monoisotopic (exact) mass is 333 g/mol. The minimum absolute atomic E-state index is 0.00846. The van der Waals surface area contributed by atoms with Crippen LogP contribution in [0.4, 0.5) is 5.69 Å². The summed E-state index contributed by atoms with van der Waals surface area (Å²) in [6, 6.07) is 11.6. The van der Waals surface area contributed by atoms with Crippen molar-refractivity contribution in [1.82, 2.24) is 0 Å². The second kappa shape index (κ2) is 6.83. The van der Waals surface area contributed by atoms with Crippen molar-refractivity contribution < 1.29 is 17.9 Å². The number of ether oxygens (including phenoxy) is 1. The highest BCUT2D eigenvalue weighted by molar-refractivity contribution is 7.92. The van der Waals surface area contributed by atoms with Gasteiger partial charge in [0.25, 0.3) is 10.0 Å². The Morgan fingerprint density at radius 1 is 1.13 bits per heavy atom. The zero-order chi connectivity index (χ0) is 17.0. The van der Waals surface area contributed by atoms with Crippen molar-refractivity contribution in [3.05, 3.63) is 59.2 Å². The summed E-state index contributed by atoms with van der Waals surface area (Å²) in [5, 5.41) is 0. The zero-order valence-corrected chi connectivity index (χ0v) is 14.1. The van der Waals surface area contributed by atoms with Gasteiger partial charge in [0.05, 0.1) is 18.4 Å². The number of anilines is 1. The molecule has 23 heavy (non-hydrogen) atoms. The number of carbonyl (C=O) groups is 1. The van der Waals surface area contributed by atoms with E-state index in [-0.39, 0.29) is 10.5 Å². The Balaban J connectivity index is 2.52. The first-order valence-electron chi connectivity index (χ1n) is 7.19. The smallest absolute Gasteiger partial charge is 0.339 e. The van der Waals surface area contributed by atoms with Crippen molar-refractivity contribution in [3.8, 4) is 0 Å². The summed E-state index contributed by atoms with van der Waals surface area (Å²) in [6.45, 7) is 3.79. The van der Waals surface area contributed by atoms with Crippen molar-refractivity contribution in [2.45, 2.75) is 25.2 Å². The molecule has 0 heterocycles. The van der Waals surface area contributed by atoms with Gasteiger partial charge in [-0.15, -0.1) is 0 Å². The van der Waals surface area contributed by atoms with E-state index in [0.29, 0.717) is 12.1 Å². The minimum Gasteiger partial charge on any atom is -0.465 e. The number of benzene rings is 2. The summed E-state index contributed by atoms with van der Waals surface area (Å²) in [7, 11) is -2.69. The number of methoxy groups -OCH3 is 1. The number of para-hydroxylation sites is 1. The van der Waals surface area contributed by atoms with E-state index in [9.17, 15) is 13.2 Å². The lowest BCUT2D eigenvalue weighted by molar-refractivity contribution is 0.0596. The Morgan fingerprint density at radius 2 is 1.83 bits per heavy atom. The van der Waals surface area contributed by atoms with Crippen molar-refractivity contribution >= 4 is 21.7 Å². The van der Waals surface area contributed by atoms with Gasteiger partial charge in [-0.05, 0) is 36.6 Å². The molecule has 0 saturated heterocycles. The first kappa shape index (κ1) is 17.0. The molecule has 0 fully saturated rings. The van der Waals surface area contributed by atoms with E-state index in [1.165, 1.54) is 19.2 Å². The molecule has 0 spiro atoms. The maximum Gasteiger partial charge on any atom is 0.339 e. The predicted molar refractivity (Wildman–Crippen MR) is 89.1 cm³/mol. The molecule has 0 aliphatic heterocycles. The fourth-order valence-corrected chi connectivity index (χ4v) is 3.71. The zero-order valence-electron chi connectivity index (χ0n) is 13.3. The molecule has 122 valence electrons. The highest BCUT2D eigenvalue weighted by Crippen LogP contribution is 2.26. The van der Waals surface area contributed by atoms with Gasteiger partial charge in [0.1, 0.15) is 4.90 Å². The Bertz CT molecular complexity index is 828. The first-order chi connectivity index (χ1) is 10.9. The van der Waals surface area contributed by atoms with E-state index in [4.69, 9.17) is 0 Å². The van der Waals surface area contributed by atoms with Gasteiger partial charge in [-0.2, -0.15) is 0 Å². The molecule has 0 bridgehead atoms. The summed E-state index contributed by atoms with van der Waals surface area (Å²) in [4.78, 5) is 11.7. The number of hydrogen-bond acceptors (Lipinski definition) is 4. The second-order valence-electron chi connectivity index (χ2n) is 5.06. The summed E-state index contributed by atoms with van der Waals surface area (Å²) < 4.78 is 32.8. The maximum absolute atomic E-state index is 12.7. The first-order valence-corrected chi connectivity index (χ1v) is 8.67. The molecule has 0 aromatic heterocycles. The molecule has 0 radical (unpaired) electrons. The van der Waals surface area contributed by atoms with Crippen LogP contribution in [-0.4, -0.2) is 21.5 Å². The van der Waals surface area contributed by atoms with Gasteiger partial charge in [0.2, 0.25) is 0 Å². The molecule has 0 saturated carbocycles. The topological polar surface area (TPSA) is 72.5 Å². The van der Waals surface area contributed by atoms with Crippen LogP contribution in [0.25, 0.3) is 0 Å². The number of sulfonamides is 1. The summed E-state index contributed by atoms with van der Waals surface area (Å²) >= 11 is 0. The van der Waals surface area contributed by atoms with Crippen LogP contribution in [-0.2, 0) is 21.2 Å². The normalized spacial score (nSPS) is 11.1. The molecular weight excluding hydrogens is 314 g/mol. The minimum atomic E-state index is -3.91. The molecular formula is C17H19NO4S. The van der Waals surface area contributed by atoms with Crippen LogP contribution >= 0.6 is 0 Å². The number of aryl methyl sites for hydroxylation is 2. The summed E-state index contributed by atoms with van der Waals surface area (Å²) in [6.07, 6.45) is 0.693. The van der Waals surface area contributed by atoms with Crippen LogP contribution in [0.5, 0.6) is 0 Å². The second-order valence-corrected chi connectivity index (χ2v) is 6.71. The van der Waals surface area contributed by atoms with Gasteiger partial charge in [-0.1, -0.05) is 37.3 Å². The Hall–Kier alpha value is -2.34. The quantitative estimate of drug-likeness (QED) is 0.853. The Kier molecular flexibility index (Phi) is 5.05. The fraction of sp³-hybridized carbons (Fsp3) is 0.235. The number of rotatable bonds is 5. The van der Waals surface area contributed by atoms with Gasteiger partial charge in [-0.25, -0.2) is 13.2 Å². The Labute approximate surface area is 136 Å². The van der Waals surface area contributed by atoms with Crippen molar-refractivity contribution in [3.63, 3.8) is 0 Å². The molecule has 2 rings (SSSR count). The summed E-state index contributed by atoms with van der Waals surface area (Å²) in [5.41, 5.74) is 2.27. The third-order valence-electron chi connectivity index (χ3n) is 3.56. The standard InChI is InChI=1S/C17H19NO4S/c1-4-13-9-7-8-12(2)16(13)18-23(20,21)15-11-6-5-10-14(15)17(19)22-3/h5-11,18H,4H2,1-3H3. The van der Waals surface area contributed by atoms with Gasteiger partial charge in [0, 0.05) is 0 Å². The number of carbonyl (C=O) groups excluding carboxylic acids is 1. The molecule has 0 unspecified atom stereocenters. The third kappa shape index (κ3) is 3.53. The number of hydrogen-bond donors (Lipinski definition) is 1. The van der Waals surface area contributed by atoms with E-state index in [1.54, 1.807) is 12.1 Å². The highest BCUT2D eigenvalue weighted by atomic mass is 32.2. The molecule has 2 aromatic carbocycles. The van der Waals surface area contributed by atoms with Crippen LogP contribution in [0.1, 0.15) is 28.4 Å². The lowest BCUT2D eigenvalue weighted by atomic mass is 10.1. The third-order valence-corrected chi connectivity index (χ3v) is 4.97. The molecule has 1 N–H and O–H groups in total. The molecule has 2 aromatic rings. The highest BCUT2D eigenvalue weighted by Gasteiger charge is 2.23. The van der Waals surface area contributed by atoms with E-state index in [1.807, 2.05) is 32.0 Å². The maximum atomic E-state index is 12.7. The lowest BCUT2D eigenvalue weighted by Crippen LogP contribution is -2.18. The Morgan fingerprint density at radius 3 is 2.48 bits per heavy atom. The molecule has 6 heteroatoms. The fourth-order valence-electron chi connectivity index (χ4n) is 2.34. The largest absolute Gasteiger partial charge is 0.465 e. The van der Waals surface area contributed by atoms with Crippen LogP contribution in [0.3, 0.4) is 0 Å². The lowest BCUT2D eigenvalue weighted by Gasteiger charge is -2.15. The van der Waals surface area contributed by atoms with Crippen molar-refractivity contribution in [1.29, 1.82) is 0 Å². The van der Waals surface area contributed by atoms with Gasteiger partial charge < -0.3 is 4.74 Å². The SMILES string of the molecule is CCc1cccc(C)c1NS(=O)(=O)c1ccccc1C(=O)OC. The number of nitrogens with one attached hydrogen (secondary N) is 1.